The summed E-state index contributed by atoms with van der Waals surface area (Å²) in [5.74, 6) is -0.356. The maximum atomic E-state index is 11.7. The first kappa shape index (κ1) is 16.0. The first-order valence-electron chi connectivity index (χ1n) is 6.53. The van der Waals surface area contributed by atoms with Crippen LogP contribution in [-0.2, 0) is 9.53 Å². The predicted octanol–water partition coefficient (Wildman–Crippen LogP) is 2.16. The number of esters is 1. The molecule has 0 fully saturated rings. The van der Waals surface area contributed by atoms with Gasteiger partial charge in [-0.3, -0.25) is 4.79 Å². The number of benzene rings is 1. The first-order valence-corrected chi connectivity index (χ1v) is 6.53. The third kappa shape index (κ3) is 5.30. The van der Waals surface area contributed by atoms with Gasteiger partial charge >= 0.3 is 5.97 Å². The Labute approximate surface area is 119 Å². The fourth-order valence-corrected chi connectivity index (χ4v) is 1.57. The average molecular weight is 279 g/mol. The van der Waals surface area contributed by atoms with E-state index in [9.17, 15) is 9.59 Å². The molecule has 0 aliphatic heterocycles. The second kappa shape index (κ2) is 6.93. The second-order valence-electron chi connectivity index (χ2n) is 5.30. The van der Waals surface area contributed by atoms with Crippen LogP contribution in [0.3, 0.4) is 0 Å². The first-order chi connectivity index (χ1) is 9.33. The van der Waals surface area contributed by atoms with E-state index in [0.717, 1.165) is 0 Å². The molecular formula is C15H21NO4. The molecule has 1 rings (SSSR count). The van der Waals surface area contributed by atoms with Crippen molar-refractivity contribution in [2.24, 2.45) is 0 Å². The highest BCUT2D eigenvalue weighted by atomic mass is 16.5. The molecule has 0 bridgehead atoms. The van der Waals surface area contributed by atoms with Gasteiger partial charge in [-0.1, -0.05) is 12.1 Å². The number of hydrogen-bond donors (Lipinski definition) is 1. The standard InChI is InChI=1S/C15H21NO4/c1-5-19-14(18)11-8-6-7-9-12(11)20-10-13(17)16-15(2,3)4/h6-9H,5,10H2,1-4H3,(H,16,17). The van der Waals surface area contributed by atoms with Gasteiger partial charge in [0.25, 0.3) is 5.91 Å². The third-order valence-electron chi connectivity index (χ3n) is 2.26. The van der Waals surface area contributed by atoms with Crippen LogP contribution < -0.4 is 10.1 Å². The molecule has 0 saturated heterocycles. The van der Waals surface area contributed by atoms with E-state index < -0.39 is 5.97 Å². The maximum absolute atomic E-state index is 11.7. The molecule has 0 aliphatic rings. The summed E-state index contributed by atoms with van der Waals surface area (Å²) >= 11 is 0. The number of carbonyl (C=O) groups excluding carboxylic acids is 2. The van der Waals surface area contributed by atoms with Gasteiger partial charge in [0.2, 0.25) is 0 Å². The van der Waals surface area contributed by atoms with Gasteiger partial charge in [-0.25, -0.2) is 4.79 Å². The molecule has 0 atom stereocenters. The summed E-state index contributed by atoms with van der Waals surface area (Å²) in [7, 11) is 0. The van der Waals surface area contributed by atoms with Crippen molar-refractivity contribution in [2.75, 3.05) is 13.2 Å². The van der Waals surface area contributed by atoms with Crippen LogP contribution in [0.1, 0.15) is 38.1 Å². The van der Waals surface area contributed by atoms with Crippen LogP contribution in [0.4, 0.5) is 0 Å². The molecule has 0 aromatic heterocycles. The smallest absolute Gasteiger partial charge is 0.341 e. The number of amides is 1. The van der Waals surface area contributed by atoms with Crippen LogP contribution in [0.5, 0.6) is 5.75 Å². The fourth-order valence-electron chi connectivity index (χ4n) is 1.57. The number of rotatable bonds is 5. The third-order valence-corrected chi connectivity index (χ3v) is 2.26. The van der Waals surface area contributed by atoms with Gasteiger partial charge in [0.15, 0.2) is 6.61 Å². The highest BCUT2D eigenvalue weighted by molar-refractivity contribution is 5.92. The van der Waals surface area contributed by atoms with Crippen LogP contribution in [0.15, 0.2) is 24.3 Å². The van der Waals surface area contributed by atoms with Crippen LogP contribution in [0.25, 0.3) is 0 Å². The van der Waals surface area contributed by atoms with E-state index in [-0.39, 0.29) is 24.7 Å². The van der Waals surface area contributed by atoms with E-state index in [2.05, 4.69) is 5.32 Å². The number of ether oxygens (including phenoxy) is 2. The number of hydrogen-bond acceptors (Lipinski definition) is 4. The lowest BCUT2D eigenvalue weighted by Crippen LogP contribution is -2.43. The van der Waals surface area contributed by atoms with Gasteiger partial charge in [-0.2, -0.15) is 0 Å². The average Bonchev–Trinajstić information content (AvgIpc) is 2.35. The zero-order chi connectivity index (χ0) is 15.2. The maximum Gasteiger partial charge on any atom is 0.341 e. The second-order valence-corrected chi connectivity index (χ2v) is 5.30. The Morgan fingerprint density at radius 2 is 1.85 bits per heavy atom. The SMILES string of the molecule is CCOC(=O)c1ccccc1OCC(=O)NC(C)(C)C. The molecule has 5 nitrogen and oxygen atoms in total. The summed E-state index contributed by atoms with van der Waals surface area (Å²) in [6.07, 6.45) is 0. The van der Waals surface area contributed by atoms with Crippen molar-refractivity contribution < 1.29 is 19.1 Å². The fraction of sp³-hybridized carbons (Fsp3) is 0.467. The Kier molecular flexibility index (Phi) is 5.55. The van der Waals surface area contributed by atoms with Crippen LogP contribution in [0.2, 0.25) is 0 Å². The zero-order valence-corrected chi connectivity index (χ0v) is 12.4. The normalized spacial score (nSPS) is 10.8. The van der Waals surface area contributed by atoms with Gasteiger partial charge in [-0.05, 0) is 39.8 Å². The minimum atomic E-state index is -0.459. The minimum Gasteiger partial charge on any atom is -0.483 e. The van der Waals surface area contributed by atoms with Crippen molar-refractivity contribution in [3.8, 4) is 5.75 Å². The lowest BCUT2D eigenvalue weighted by Gasteiger charge is -2.20. The molecule has 110 valence electrons. The molecule has 1 aromatic carbocycles. The summed E-state index contributed by atoms with van der Waals surface area (Å²) in [5, 5.41) is 2.78. The molecule has 20 heavy (non-hydrogen) atoms. The molecule has 1 N–H and O–H groups in total. The summed E-state index contributed by atoms with van der Waals surface area (Å²) in [6.45, 7) is 7.54. The van der Waals surface area contributed by atoms with Crippen molar-refractivity contribution in [3.63, 3.8) is 0 Å². The molecule has 5 heteroatoms. The topological polar surface area (TPSA) is 64.6 Å². The van der Waals surface area contributed by atoms with Gasteiger partial charge < -0.3 is 14.8 Å². The summed E-state index contributed by atoms with van der Waals surface area (Å²) in [4.78, 5) is 23.4. The van der Waals surface area contributed by atoms with Crippen LogP contribution in [0, 0.1) is 0 Å². The van der Waals surface area contributed by atoms with E-state index in [4.69, 9.17) is 9.47 Å². The zero-order valence-electron chi connectivity index (χ0n) is 12.4. The van der Waals surface area contributed by atoms with Crippen LogP contribution >= 0.6 is 0 Å². The van der Waals surface area contributed by atoms with Crippen LogP contribution in [-0.4, -0.2) is 30.6 Å². The molecule has 1 amide bonds. The highest BCUT2D eigenvalue weighted by Crippen LogP contribution is 2.18. The molecular weight excluding hydrogens is 258 g/mol. The molecule has 1 aromatic rings. The Morgan fingerprint density at radius 1 is 1.20 bits per heavy atom. The molecule has 0 spiro atoms. The number of nitrogens with one attached hydrogen (secondary N) is 1. The predicted molar refractivity (Wildman–Crippen MR) is 75.8 cm³/mol. The van der Waals surface area contributed by atoms with Crippen molar-refractivity contribution in [3.05, 3.63) is 29.8 Å². The summed E-state index contributed by atoms with van der Waals surface area (Å²) < 4.78 is 10.3. The van der Waals surface area contributed by atoms with Gasteiger partial charge in [0.05, 0.1) is 6.61 Å². The lowest BCUT2D eigenvalue weighted by molar-refractivity contribution is -0.124. The van der Waals surface area contributed by atoms with E-state index in [1.165, 1.54) is 0 Å². The lowest BCUT2D eigenvalue weighted by atomic mass is 10.1. The number of carbonyl (C=O) groups is 2. The number of para-hydroxylation sites is 1. The monoisotopic (exact) mass is 279 g/mol. The highest BCUT2D eigenvalue weighted by Gasteiger charge is 2.16. The Hall–Kier alpha value is -2.04. The Balaban J connectivity index is 2.69. The van der Waals surface area contributed by atoms with Gasteiger partial charge in [-0.15, -0.1) is 0 Å². The summed E-state index contributed by atoms with van der Waals surface area (Å²) in [5.41, 5.74) is -0.000843. The molecule has 0 unspecified atom stereocenters. The van der Waals surface area contributed by atoms with Gasteiger partial charge in [0.1, 0.15) is 11.3 Å². The van der Waals surface area contributed by atoms with E-state index in [1.54, 1.807) is 31.2 Å². The largest absolute Gasteiger partial charge is 0.483 e. The van der Waals surface area contributed by atoms with Gasteiger partial charge in [0, 0.05) is 5.54 Å². The molecule has 0 aliphatic carbocycles. The molecule has 0 heterocycles. The van der Waals surface area contributed by atoms with Crippen molar-refractivity contribution in [1.29, 1.82) is 0 Å². The van der Waals surface area contributed by atoms with E-state index >= 15 is 0 Å². The Bertz CT molecular complexity index is 477. The quantitative estimate of drug-likeness (QED) is 0.839. The van der Waals surface area contributed by atoms with Crippen molar-refractivity contribution in [2.45, 2.75) is 33.2 Å². The van der Waals surface area contributed by atoms with E-state index in [1.807, 2.05) is 20.8 Å². The van der Waals surface area contributed by atoms with Crippen molar-refractivity contribution >= 4 is 11.9 Å². The van der Waals surface area contributed by atoms with Crippen molar-refractivity contribution in [1.82, 2.24) is 5.32 Å². The van der Waals surface area contributed by atoms with E-state index in [0.29, 0.717) is 11.3 Å². The molecule has 0 saturated carbocycles. The minimum absolute atomic E-state index is 0.145. The Morgan fingerprint density at radius 3 is 2.45 bits per heavy atom. The molecule has 0 radical (unpaired) electrons. The summed E-state index contributed by atoms with van der Waals surface area (Å²) in [6, 6.07) is 6.69.